The van der Waals surface area contributed by atoms with E-state index in [9.17, 15) is 0 Å². The average Bonchev–Trinajstić information content (AvgIpc) is 0.918. The first-order valence-corrected chi connectivity index (χ1v) is 1.25. The first-order chi connectivity index (χ1) is 1.41. The van der Waals surface area contributed by atoms with Crippen LogP contribution in [0.1, 0.15) is 0 Å². The standard InChI is InChI=1S/CN.Mo.Nb.Ti/c1-2;;;. The van der Waals surface area contributed by atoms with Crippen molar-refractivity contribution in [1.29, 1.82) is 5.26 Å². The van der Waals surface area contributed by atoms with Crippen molar-refractivity contribution in [2.75, 3.05) is 0 Å². The fourth-order valence-corrected chi connectivity index (χ4v) is 0. The van der Waals surface area contributed by atoms with Crippen molar-refractivity contribution in [3.05, 3.63) is 0 Å². The summed E-state index contributed by atoms with van der Waals surface area (Å²) >= 11 is 1.43. The van der Waals surface area contributed by atoms with Gasteiger partial charge in [0.1, 0.15) is 0 Å². The Balaban J connectivity index is -0.0000000200. The van der Waals surface area contributed by atoms with Crippen LogP contribution in [-0.4, -0.2) is 0 Å². The van der Waals surface area contributed by atoms with Gasteiger partial charge in [-0.3, -0.25) is 0 Å². The fraction of sp³-hybridized carbons (Fsp3) is 0. The number of nitrogens with zero attached hydrogens (tertiary/aromatic N) is 1. The van der Waals surface area contributed by atoms with Gasteiger partial charge in [0.25, 0.3) is 0 Å². The number of hydrogen-bond acceptors (Lipinski definition) is 1. The van der Waals surface area contributed by atoms with Gasteiger partial charge in [-0.15, -0.1) is 0 Å². The molecule has 4 heteroatoms. The first kappa shape index (κ1) is 15.9. The monoisotopic (exact) mass is 265 g/mol. The normalized spacial score (nSPS) is 1.20. The molecule has 0 saturated carbocycles. The zero-order valence-corrected chi connectivity index (χ0v) is 8.07. The average molecular weight is 263 g/mol. The SMILES string of the molecule is N#[C][Ti].[Mo].[Nb]. The second kappa shape index (κ2) is 17.4. The van der Waals surface area contributed by atoms with Gasteiger partial charge in [0.15, 0.2) is 0 Å². The molecule has 0 N–H and O–H groups in total. The van der Waals surface area contributed by atoms with Gasteiger partial charge in [-0.1, -0.05) is 0 Å². The zero-order chi connectivity index (χ0) is 2.71. The van der Waals surface area contributed by atoms with Crippen molar-refractivity contribution >= 4 is 0 Å². The van der Waals surface area contributed by atoms with Crippen molar-refractivity contribution in [1.82, 2.24) is 0 Å². The molecule has 0 aromatic carbocycles. The predicted octanol–water partition coefficient (Wildman–Crippen LogP) is 0.00928. The minimum absolute atomic E-state index is 0. The minimum Gasteiger partial charge on any atom is 0 e. The molecule has 1 nitrogen and oxygen atoms in total. The summed E-state index contributed by atoms with van der Waals surface area (Å²) in [5.74, 6) is 0. The van der Waals surface area contributed by atoms with Crippen LogP contribution in [0.4, 0.5) is 0 Å². The van der Waals surface area contributed by atoms with Crippen molar-refractivity contribution in [3.63, 3.8) is 0 Å². The predicted molar refractivity (Wildman–Crippen MR) is 5.61 cm³/mol. The topological polar surface area (TPSA) is 23.8 Å². The maximum atomic E-state index is 7.32. The largest absolute Gasteiger partial charge is 0 e. The Kier molecular flexibility index (Phi) is 55.6. The molecule has 24 valence electrons. The van der Waals surface area contributed by atoms with E-state index in [1.165, 1.54) is 20.4 Å². The van der Waals surface area contributed by atoms with Gasteiger partial charge in [-0.05, 0) is 0 Å². The van der Waals surface area contributed by atoms with Crippen LogP contribution in [0.3, 0.4) is 0 Å². The van der Waals surface area contributed by atoms with E-state index in [1.54, 1.807) is 4.37 Å². The van der Waals surface area contributed by atoms with Crippen LogP contribution in [0.2, 0.25) is 0 Å². The second-order valence-electron chi connectivity index (χ2n) is 0.112. The maximum Gasteiger partial charge on any atom is 0 e. The van der Waals surface area contributed by atoms with E-state index < -0.39 is 0 Å². The molecule has 0 spiro atoms. The van der Waals surface area contributed by atoms with Crippen molar-refractivity contribution in [3.8, 4) is 4.37 Å². The molecule has 0 aromatic heterocycles. The summed E-state index contributed by atoms with van der Waals surface area (Å²) in [6.45, 7) is 0. The van der Waals surface area contributed by atoms with Crippen LogP contribution in [0.5, 0.6) is 0 Å². The molecule has 0 aliphatic carbocycles. The van der Waals surface area contributed by atoms with Crippen LogP contribution in [0.25, 0.3) is 0 Å². The van der Waals surface area contributed by atoms with Gasteiger partial charge in [-0.25, -0.2) is 0 Å². The molecule has 0 fully saturated rings. The van der Waals surface area contributed by atoms with Gasteiger partial charge >= 0.3 is 30.1 Å². The number of nitriles is 1. The molecule has 0 aliphatic rings. The second-order valence-corrected chi connectivity index (χ2v) is 0.461. The third-order valence-corrected chi connectivity index (χ3v) is 0. The third kappa shape index (κ3) is 27.9. The van der Waals surface area contributed by atoms with E-state index in [-0.39, 0.29) is 43.4 Å². The first-order valence-electron chi connectivity index (χ1n) is 0.474. The smallest absolute Gasteiger partial charge is 0 e. The molecule has 0 aliphatic heterocycles. The van der Waals surface area contributed by atoms with E-state index in [1.807, 2.05) is 0 Å². The van der Waals surface area contributed by atoms with Crippen LogP contribution >= 0.6 is 0 Å². The van der Waals surface area contributed by atoms with Gasteiger partial charge in [-0.2, -0.15) is 0 Å². The number of rotatable bonds is 0. The molecule has 0 bridgehead atoms. The quantitative estimate of drug-likeness (QED) is 0.564. The Morgan fingerprint density at radius 1 is 1.60 bits per heavy atom. The van der Waals surface area contributed by atoms with Crippen LogP contribution in [0.15, 0.2) is 0 Å². The minimum atomic E-state index is 0. The van der Waals surface area contributed by atoms with Crippen molar-refractivity contribution in [2.45, 2.75) is 0 Å². The molecule has 0 amide bonds. The van der Waals surface area contributed by atoms with E-state index in [4.69, 9.17) is 5.26 Å². The molecule has 0 atom stereocenters. The van der Waals surface area contributed by atoms with E-state index >= 15 is 0 Å². The molecular formula is CMoNNbTi. The Hall–Kier alpha value is 1.63. The van der Waals surface area contributed by atoms with E-state index in [0.29, 0.717) is 0 Å². The Morgan fingerprint density at radius 3 is 1.60 bits per heavy atom. The molecule has 0 unspecified atom stereocenters. The summed E-state index contributed by atoms with van der Waals surface area (Å²) in [7, 11) is 0. The van der Waals surface area contributed by atoms with Crippen LogP contribution in [-0.2, 0) is 63.9 Å². The summed E-state index contributed by atoms with van der Waals surface area (Å²) in [4.78, 5) is 0. The van der Waals surface area contributed by atoms with Gasteiger partial charge < -0.3 is 0 Å². The third-order valence-electron chi connectivity index (χ3n) is 0. The Labute approximate surface area is 72.7 Å². The Bertz CT molecular complexity index is 33.1. The van der Waals surface area contributed by atoms with Crippen LogP contribution < -0.4 is 0 Å². The molecule has 0 heterocycles. The van der Waals surface area contributed by atoms with Crippen molar-refractivity contribution in [2.24, 2.45) is 0 Å². The number of hydrogen-bond donors (Lipinski definition) is 0. The summed E-state index contributed by atoms with van der Waals surface area (Å²) in [6.07, 6.45) is 0. The molecule has 0 rings (SSSR count). The summed E-state index contributed by atoms with van der Waals surface area (Å²) in [5.41, 5.74) is 0. The Morgan fingerprint density at radius 2 is 1.60 bits per heavy atom. The molecule has 0 aromatic rings. The van der Waals surface area contributed by atoms with Gasteiger partial charge in [0.2, 0.25) is 0 Å². The summed E-state index contributed by atoms with van der Waals surface area (Å²) in [6, 6.07) is 0. The molecule has 1 radical (unpaired) electrons. The summed E-state index contributed by atoms with van der Waals surface area (Å²) < 4.78 is 1.75. The molecular weight excluding hydrogens is 263 g/mol. The fourth-order valence-electron chi connectivity index (χ4n) is 0. The van der Waals surface area contributed by atoms with Crippen LogP contribution in [0, 0.1) is 9.64 Å². The molecule has 5 heavy (non-hydrogen) atoms. The van der Waals surface area contributed by atoms with Gasteiger partial charge in [0, 0.05) is 43.4 Å². The summed E-state index contributed by atoms with van der Waals surface area (Å²) in [5, 5.41) is 7.32. The van der Waals surface area contributed by atoms with E-state index in [0.717, 1.165) is 0 Å². The molecule has 0 saturated heterocycles. The zero-order valence-electron chi connectivity index (χ0n) is 2.30. The van der Waals surface area contributed by atoms with Crippen molar-refractivity contribution < 1.29 is 63.9 Å². The van der Waals surface area contributed by atoms with Gasteiger partial charge in [0.05, 0.1) is 0 Å². The maximum absolute atomic E-state index is 7.32. The van der Waals surface area contributed by atoms with E-state index in [2.05, 4.69) is 0 Å².